The van der Waals surface area contributed by atoms with E-state index in [9.17, 15) is 9.59 Å². The molecule has 0 bridgehead atoms. The molecule has 134 valence electrons. The number of carbonyl (C=O) groups is 2. The number of rotatable bonds is 5. The molecule has 26 heavy (non-hydrogen) atoms. The van der Waals surface area contributed by atoms with Crippen LogP contribution in [0, 0.1) is 11.8 Å². The highest BCUT2D eigenvalue weighted by atomic mass is 16.5. The molecule has 0 saturated carbocycles. The minimum atomic E-state index is -0.489. The van der Waals surface area contributed by atoms with Crippen LogP contribution in [0.1, 0.15) is 15.9 Å². The molecule has 0 fully saturated rings. The largest absolute Gasteiger partial charge is 0.497 e. The van der Waals surface area contributed by atoms with Crippen molar-refractivity contribution in [3.63, 3.8) is 0 Å². The topological polar surface area (TPSA) is 103 Å². The van der Waals surface area contributed by atoms with Gasteiger partial charge in [0.1, 0.15) is 11.5 Å². The summed E-state index contributed by atoms with van der Waals surface area (Å²) in [5.74, 6) is 6.33. The molecule has 0 saturated heterocycles. The lowest BCUT2D eigenvalue weighted by molar-refractivity contribution is 0.1000. The molecular formula is C19H19N3O4. The summed E-state index contributed by atoms with van der Waals surface area (Å²) in [6, 6.07) is 11.2. The van der Waals surface area contributed by atoms with Crippen molar-refractivity contribution in [3.8, 4) is 23.3 Å². The number of hydrogen-bond acceptors (Lipinski definition) is 4. The van der Waals surface area contributed by atoms with Crippen molar-refractivity contribution in [2.45, 2.75) is 0 Å². The number of nitrogens with one attached hydrogen (secondary N) is 2. The third-order valence-electron chi connectivity index (χ3n) is 3.40. The standard InChI is InChI=1S/C19H19N3O4/c1-25-15-9-10-16(17(12-15)26-2)22-19(24)21-11-3-4-13-5-7-14(8-6-13)18(20)23/h5-10,12H,11H2,1-2H3,(H2,20,23)(H2,21,22,24). The number of benzene rings is 2. The maximum atomic E-state index is 11.9. The van der Waals surface area contributed by atoms with Crippen molar-refractivity contribution in [1.29, 1.82) is 0 Å². The molecule has 0 atom stereocenters. The summed E-state index contributed by atoms with van der Waals surface area (Å²) in [6.45, 7) is 0.155. The molecule has 2 aromatic carbocycles. The van der Waals surface area contributed by atoms with Gasteiger partial charge in [-0.1, -0.05) is 11.8 Å². The molecule has 7 nitrogen and oxygen atoms in total. The number of anilines is 1. The van der Waals surface area contributed by atoms with Crippen LogP contribution in [0.4, 0.5) is 10.5 Å². The summed E-state index contributed by atoms with van der Waals surface area (Å²) < 4.78 is 10.3. The summed E-state index contributed by atoms with van der Waals surface area (Å²) in [5.41, 5.74) is 6.82. The lowest BCUT2D eigenvalue weighted by Gasteiger charge is -2.11. The van der Waals surface area contributed by atoms with Crippen molar-refractivity contribution in [1.82, 2.24) is 5.32 Å². The normalized spacial score (nSPS) is 9.46. The lowest BCUT2D eigenvalue weighted by atomic mass is 10.1. The number of primary amides is 1. The lowest BCUT2D eigenvalue weighted by Crippen LogP contribution is -2.29. The van der Waals surface area contributed by atoms with E-state index in [1.807, 2.05) is 0 Å². The van der Waals surface area contributed by atoms with Crippen LogP contribution < -0.4 is 25.8 Å². The third kappa shape index (κ3) is 5.18. The van der Waals surface area contributed by atoms with Gasteiger partial charge < -0.3 is 25.8 Å². The summed E-state index contributed by atoms with van der Waals surface area (Å²) >= 11 is 0. The quantitative estimate of drug-likeness (QED) is 0.715. The molecule has 0 aromatic heterocycles. The van der Waals surface area contributed by atoms with Gasteiger partial charge in [-0.2, -0.15) is 0 Å². The van der Waals surface area contributed by atoms with Crippen molar-refractivity contribution in [2.75, 3.05) is 26.1 Å². The maximum absolute atomic E-state index is 11.9. The van der Waals surface area contributed by atoms with Gasteiger partial charge >= 0.3 is 6.03 Å². The molecule has 2 rings (SSSR count). The van der Waals surface area contributed by atoms with E-state index >= 15 is 0 Å². The third-order valence-corrected chi connectivity index (χ3v) is 3.40. The number of nitrogens with two attached hydrogens (primary N) is 1. The zero-order chi connectivity index (χ0) is 18.9. The number of methoxy groups -OCH3 is 2. The average Bonchev–Trinajstić information content (AvgIpc) is 2.66. The Kier molecular flexibility index (Phi) is 6.46. The van der Waals surface area contributed by atoms with Gasteiger partial charge in [-0.05, 0) is 36.4 Å². The van der Waals surface area contributed by atoms with E-state index in [2.05, 4.69) is 22.5 Å². The molecule has 0 radical (unpaired) electrons. The van der Waals surface area contributed by atoms with Gasteiger partial charge in [0, 0.05) is 17.2 Å². The molecule has 4 N–H and O–H groups in total. The van der Waals surface area contributed by atoms with Gasteiger partial charge in [-0.3, -0.25) is 4.79 Å². The Bertz CT molecular complexity index is 851. The van der Waals surface area contributed by atoms with Crippen molar-refractivity contribution in [3.05, 3.63) is 53.6 Å². The molecule has 0 spiro atoms. The Balaban J connectivity index is 1.89. The zero-order valence-electron chi connectivity index (χ0n) is 14.5. The van der Waals surface area contributed by atoms with Gasteiger partial charge in [0.15, 0.2) is 0 Å². The summed E-state index contributed by atoms with van der Waals surface area (Å²) in [5, 5.41) is 5.31. The van der Waals surface area contributed by atoms with Crippen LogP contribution in [0.15, 0.2) is 42.5 Å². The first-order chi connectivity index (χ1) is 12.5. The molecule has 0 aliphatic heterocycles. The van der Waals surface area contributed by atoms with E-state index in [1.165, 1.54) is 7.11 Å². The number of carbonyl (C=O) groups excluding carboxylic acids is 2. The molecule has 2 aromatic rings. The van der Waals surface area contributed by atoms with Crippen molar-refractivity contribution < 1.29 is 19.1 Å². The summed E-state index contributed by atoms with van der Waals surface area (Å²) in [7, 11) is 3.06. The Labute approximate surface area is 151 Å². The molecule has 0 aliphatic rings. The highest BCUT2D eigenvalue weighted by Gasteiger charge is 2.08. The molecule has 0 unspecified atom stereocenters. The van der Waals surface area contributed by atoms with Gasteiger partial charge in [-0.15, -0.1) is 0 Å². The van der Waals surface area contributed by atoms with E-state index in [1.54, 1.807) is 49.6 Å². The smallest absolute Gasteiger partial charge is 0.320 e. The first-order valence-corrected chi connectivity index (χ1v) is 7.69. The molecule has 0 heterocycles. The molecular weight excluding hydrogens is 334 g/mol. The van der Waals surface area contributed by atoms with Gasteiger partial charge in [0.2, 0.25) is 5.91 Å². The van der Waals surface area contributed by atoms with Crippen molar-refractivity contribution >= 4 is 17.6 Å². The van der Waals surface area contributed by atoms with E-state index in [4.69, 9.17) is 15.2 Å². The fourth-order valence-corrected chi connectivity index (χ4v) is 2.06. The second-order valence-electron chi connectivity index (χ2n) is 5.12. The van der Waals surface area contributed by atoms with Gasteiger partial charge in [0.25, 0.3) is 0 Å². The number of ether oxygens (including phenoxy) is 2. The number of amides is 3. The minimum Gasteiger partial charge on any atom is -0.497 e. The fourth-order valence-electron chi connectivity index (χ4n) is 2.06. The maximum Gasteiger partial charge on any atom is 0.320 e. The number of hydrogen-bond donors (Lipinski definition) is 3. The van der Waals surface area contributed by atoms with Gasteiger partial charge in [0.05, 0.1) is 26.5 Å². The molecule has 0 aliphatic carbocycles. The SMILES string of the molecule is COc1ccc(NC(=O)NCC#Cc2ccc(C(N)=O)cc2)c(OC)c1. The second-order valence-corrected chi connectivity index (χ2v) is 5.12. The second kappa shape index (κ2) is 8.99. The van der Waals surface area contributed by atoms with E-state index in [0.29, 0.717) is 28.3 Å². The highest BCUT2D eigenvalue weighted by Crippen LogP contribution is 2.28. The summed E-state index contributed by atoms with van der Waals surface area (Å²) in [4.78, 5) is 22.9. The van der Waals surface area contributed by atoms with E-state index in [-0.39, 0.29) is 6.54 Å². The van der Waals surface area contributed by atoms with Crippen LogP contribution in [-0.4, -0.2) is 32.7 Å². The minimum absolute atomic E-state index is 0.155. The van der Waals surface area contributed by atoms with Crippen molar-refractivity contribution in [2.24, 2.45) is 5.73 Å². The fraction of sp³-hybridized carbons (Fsp3) is 0.158. The molecule has 3 amide bonds. The van der Waals surface area contributed by atoms with Crippen LogP contribution in [0.25, 0.3) is 0 Å². The monoisotopic (exact) mass is 353 g/mol. The van der Waals surface area contributed by atoms with Crippen LogP contribution in [0.5, 0.6) is 11.5 Å². The Hall–Kier alpha value is -3.66. The molecule has 7 heteroatoms. The van der Waals surface area contributed by atoms with E-state index in [0.717, 1.165) is 0 Å². The average molecular weight is 353 g/mol. The van der Waals surface area contributed by atoms with Crippen LogP contribution in [0.2, 0.25) is 0 Å². The zero-order valence-corrected chi connectivity index (χ0v) is 14.5. The Morgan fingerprint density at radius 1 is 1.08 bits per heavy atom. The summed E-state index contributed by atoms with van der Waals surface area (Å²) in [6.07, 6.45) is 0. The van der Waals surface area contributed by atoms with E-state index < -0.39 is 11.9 Å². The number of urea groups is 1. The first-order valence-electron chi connectivity index (χ1n) is 7.69. The Morgan fingerprint density at radius 2 is 1.81 bits per heavy atom. The van der Waals surface area contributed by atoms with Crippen LogP contribution in [0.3, 0.4) is 0 Å². The predicted molar refractivity (Wildman–Crippen MR) is 98.4 cm³/mol. The predicted octanol–water partition coefficient (Wildman–Crippen LogP) is 1.98. The van der Waals surface area contributed by atoms with Gasteiger partial charge in [-0.25, -0.2) is 4.79 Å². The van der Waals surface area contributed by atoms with Crippen LogP contribution >= 0.6 is 0 Å². The first kappa shape index (κ1) is 18.7. The Morgan fingerprint density at radius 3 is 2.42 bits per heavy atom. The highest BCUT2D eigenvalue weighted by molar-refractivity contribution is 5.93. The van der Waals surface area contributed by atoms with Crippen LogP contribution in [-0.2, 0) is 0 Å².